The van der Waals surface area contributed by atoms with E-state index in [1.165, 1.54) is 30.4 Å². The van der Waals surface area contributed by atoms with Crippen LogP contribution in [0, 0.1) is 12.8 Å². The first kappa shape index (κ1) is 10.2. The first-order valence-corrected chi connectivity index (χ1v) is 6.27. The van der Waals surface area contributed by atoms with Crippen LogP contribution in [0.5, 0.6) is 5.75 Å². The molecular formula is C14H19NO. The quantitative estimate of drug-likeness (QED) is 0.785. The Kier molecular flexibility index (Phi) is 2.40. The van der Waals surface area contributed by atoms with E-state index in [1.807, 2.05) is 0 Å². The van der Waals surface area contributed by atoms with Gasteiger partial charge < -0.3 is 10.5 Å². The van der Waals surface area contributed by atoms with Crippen LogP contribution in [0.3, 0.4) is 0 Å². The van der Waals surface area contributed by atoms with Gasteiger partial charge in [-0.3, -0.25) is 0 Å². The third kappa shape index (κ3) is 1.61. The number of aryl methyl sites for hydroxylation is 1. The monoisotopic (exact) mass is 217 g/mol. The lowest BCUT2D eigenvalue weighted by molar-refractivity contribution is 0.0579. The molecular weight excluding hydrogens is 198 g/mol. The highest BCUT2D eigenvalue weighted by Crippen LogP contribution is 2.41. The van der Waals surface area contributed by atoms with Gasteiger partial charge in [0.2, 0.25) is 0 Å². The molecule has 1 aliphatic heterocycles. The van der Waals surface area contributed by atoms with Crippen molar-refractivity contribution in [3.8, 4) is 5.75 Å². The first-order chi connectivity index (χ1) is 7.74. The standard InChI is InChI=1S/C14H19NO/c1-9-5-6-13-11(7-9)12(15)8-14(16-13)10-3-2-4-10/h5-7,10,12,14H,2-4,8,15H2,1H3/t12-,14?/m0/s1. The summed E-state index contributed by atoms with van der Waals surface area (Å²) in [5.74, 6) is 1.77. The maximum atomic E-state index is 6.24. The predicted molar refractivity (Wildman–Crippen MR) is 64.5 cm³/mol. The van der Waals surface area contributed by atoms with Crippen LogP contribution in [0.15, 0.2) is 18.2 Å². The van der Waals surface area contributed by atoms with E-state index in [0.29, 0.717) is 6.10 Å². The number of hydrogen-bond donors (Lipinski definition) is 1. The second-order valence-corrected chi connectivity index (χ2v) is 5.23. The number of ether oxygens (including phenoxy) is 1. The Morgan fingerprint density at radius 3 is 2.81 bits per heavy atom. The normalized spacial score (nSPS) is 29.1. The van der Waals surface area contributed by atoms with Crippen molar-refractivity contribution in [3.05, 3.63) is 29.3 Å². The summed E-state index contributed by atoms with van der Waals surface area (Å²) in [6.07, 6.45) is 5.35. The van der Waals surface area contributed by atoms with Crippen molar-refractivity contribution in [2.75, 3.05) is 0 Å². The zero-order valence-corrected chi connectivity index (χ0v) is 9.78. The fourth-order valence-corrected chi connectivity index (χ4v) is 2.75. The summed E-state index contributed by atoms with van der Waals surface area (Å²) in [4.78, 5) is 0. The van der Waals surface area contributed by atoms with Gasteiger partial charge in [-0.05, 0) is 31.7 Å². The van der Waals surface area contributed by atoms with Crippen LogP contribution in [0.25, 0.3) is 0 Å². The summed E-state index contributed by atoms with van der Waals surface area (Å²) in [5.41, 5.74) is 8.70. The molecule has 1 saturated carbocycles. The maximum absolute atomic E-state index is 6.24. The molecule has 3 rings (SSSR count). The summed E-state index contributed by atoms with van der Waals surface area (Å²) in [7, 11) is 0. The van der Waals surface area contributed by atoms with E-state index in [9.17, 15) is 0 Å². The zero-order valence-electron chi connectivity index (χ0n) is 9.78. The molecule has 0 radical (unpaired) electrons. The minimum absolute atomic E-state index is 0.161. The highest BCUT2D eigenvalue weighted by Gasteiger charge is 2.34. The van der Waals surface area contributed by atoms with Crippen molar-refractivity contribution in [2.45, 2.75) is 44.8 Å². The topological polar surface area (TPSA) is 35.2 Å². The Labute approximate surface area is 96.8 Å². The highest BCUT2D eigenvalue weighted by molar-refractivity contribution is 5.40. The fraction of sp³-hybridized carbons (Fsp3) is 0.571. The number of nitrogens with two attached hydrogens (primary N) is 1. The summed E-state index contributed by atoms with van der Waals surface area (Å²) in [6, 6.07) is 6.51. The van der Waals surface area contributed by atoms with Crippen LogP contribution in [-0.2, 0) is 0 Å². The van der Waals surface area contributed by atoms with Crippen LogP contribution < -0.4 is 10.5 Å². The van der Waals surface area contributed by atoms with Crippen LogP contribution in [0.2, 0.25) is 0 Å². The first-order valence-electron chi connectivity index (χ1n) is 6.27. The average molecular weight is 217 g/mol. The Morgan fingerprint density at radius 2 is 2.12 bits per heavy atom. The van der Waals surface area contributed by atoms with Crippen LogP contribution >= 0.6 is 0 Å². The van der Waals surface area contributed by atoms with Gasteiger partial charge >= 0.3 is 0 Å². The molecule has 0 saturated heterocycles. The third-order valence-corrected chi connectivity index (χ3v) is 4.00. The van der Waals surface area contributed by atoms with Crippen molar-refractivity contribution in [2.24, 2.45) is 11.7 Å². The Bertz CT molecular complexity index is 398. The third-order valence-electron chi connectivity index (χ3n) is 4.00. The van der Waals surface area contributed by atoms with Crippen molar-refractivity contribution in [1.29, 1.82) is 0 Å². The second-order valence-electron chi connectivity index (χ2n) is 5.23. The number of hydrogen-bond acceptors (Lipinski definition) is 2. The summed E-state index contributed by atoms with van der Waals surface area (Å²) in [5, 5.41) is 0. The van der Waals surface area contributed by atoms with Crippen molar-refractivity contribution < 1.29 is 4.74 Å². The Hall–Kier alpha value is -1.02. The average Bonchev–Trinajstić information content (AvgIpc) is 2.17. The van der Waals surface area contributed by atoms with Gasteiger partial charge in [0.25, 0.3) is 0 Å². The molecule has 2 nitrogen and oxygen atoms in total. The van der Waals surface area contributed by atoms with Crippen LogP contribution in [-0.4, -0.2) is 6.10 Å². The smallest absolute Gasteiger partial charge is 0.124 e. The molecule has 1 fully saturated rings. The molecule has 2 N–H and O–H groups in total. The van der Waals surface area contributed by atoms with Crippen molar-refractivity contribution >= 4 is 0 Å². The molecule has 1 heterocycles. The molecule has 0 bridgehead atoms. The van der Waals surface area contributed by atoms with E-state index in [1.54, 1.807) is 0 Å². The van der Waals surface area contributed by atoms with Gasteiger partial charge in [-0.15, -0.1) is 0 Å². The Morgan fingerprint density at radius 1 is 1.31 bits per heavy atom. The van der Waals surface area contributed by atoms with E-state index >= 15 is 0 Å². The van der Waals surface area contributed by atoms with E-state index in [-0.39, 0.29) is 6.04 Å². The van der Waals surface area contributed by atoms with Crippen molar-refractivity contribution in [1.82, 2.24) is 0 Å². The van der Waals surface area contributed by atoms with E-state index < -0.39 is 0 Å². The van der Waals surface area contributed by atoms with E-state index in [2.05, 4.69) is 25.1 Å². The molecule has 0 aromatic heterocycles. The molecule has 2 atom stereocenters. The lowest BCUT2D eigenvalue weighted by Gasteiger charge is -2.39. The minimum Gasteiger partial charge on any atom is -0.490 e. The van der Waals surface area contributed by atoms with E-state index in [4.69, 9.17) is 10.5 Å². The molecule has 2 aliphatic rings. The minimum atomic E-state index is 0.161. The van der Waals surface area contributed by atoms with Crippen molar-refractivity contribution in [3.63, 3.8) is 0 Å². The summed E-state index contributed by atoms with van der Waals surface area (Å²) < 4.78 is 6.08. The Balaban J connectivity index is 1.87. The van der Waals surface area contributed by atoms with Gasteiger partial charge in [0, 0.05) is 18.0 Å². The number of benzene rings is 1. The van der Waals surface area contributed by atoms with Gasteiger partial charge in [0.15, 0.2) is 0 Å². The van der Waals surface area contributed by atoms with E-state index in [0.717, 1.165) is 18.1 Å². The molecule has 2 heteroatoms. The molecule has 1 unspecified atom stereocenters. The number of rotatable bonds is 1. The van der Waals surface area contributed by atoms with Gasteiger partial charge in [0.05, 0.1) is 0 Å². The fourth-order valence-electron chi connectivity index (χ4n) is 2.75. The van der Waals surface area contributed by atoms with Gasteiger partial charge in [-0.1, -0.05) is 24.1 Å². The molecule has 1 aromatic carbocycles. The second kappa shape index (κ2) is 3.77. The highest BCUT2D eigenvalue weighted by atomic mass is 16.5. The summed E-state index contributed by atoms with van der Waals surface area (Å²) >= 11 is 0. The molecule has 0 amide bonds. The van der Waals surface area contributed by atoms with Crippen LogP contribution in [0.4, 0.5) is 0 Å². The van der Waals surface area contributed by atoms with Gasteiger partial charge in [-0.2, -0.15) is 0 Å². The number of fused-ring (bicyclic) bond motifs is 1. The van der Waals surface area contributed by atoms with Gasteiger partial charge in [0.1, 0.15) is 11.9 Å². The largest absolute Gasteiger partial charge is 0.490 e. The lowest BCUT2D eigenvalue weighted by atomic mass is 9.77. The SMILES string of the molecule is Cc1ccc2c(c1)[C@@H](N)CC(C1CCC1)O2. The summed E-state index contributed by atoms with van der Waals surface area (Å²) in [6.45, 7) is 2.10. The van der Waals surface area contributed by atoms with Gasteiger partial charge in [-0.25, -0.2) is 0 Å². The predicted octanol–water partition coefficient (Wildman–Crippen LogP) is 2.95. The maximum Gasteiger partial charge on any atom is 0.124 e. The molecule has 86 valence electrons. The molecule has 16 heavy (non-hydrogen) atoms. The zero-order chi connectivity index (χ0) is 11.1. The molecule has 1 aliphatic carbocycles. The molecule has 1 aromatic rings. The van der Waals surface area contributed by atoms with Crippen LogP contribution in [0.1, 0.15) is 42.9 Å². The molecule has 0 spiro atoms. The lowest BCUT2D eigenvalue weighted by Crippen LogP contribution is -2.38.